The Hall–Kier alpha value is -1.26. The first kappa shape index (κ1) is 15.7. The van der Waals surface area contributed by atoms with E-state index in [1.54, 1.807) is 11.8 Å². The number of aliphatic carboxylic acids is 1. The molecule has 0 aliphatic rings. The number of nitrogens with one attached hydrogen (secondary N) is 1. The average Bonchev–Trinajstić information content (AvgIpc) is 2.31. The number of nitrogens with zero attached hydrogens (tertiary/aromatic N) is 1. The fraction of sp³-hybridized carbons (Fsp3) is 0.833. The zero-order valence-electron chi connectivity index (χ0n) is 11.2. The van der Waals surface area contributed by atoms with Gasteiger partial charge >= 0.3 is 12.0 Å². The zero-order valence-corrected chi connectivity index (χ0v) is 11.2. The fourth-order valence-corrected chi connectivity index (χ4v) is 1.30. The van der Waals surface area contributed by atoms with Gasteiger partial charge in [0.15, 0.2) is 0 Å². The first-order valence-electron chi connectivity index (χ1n) is 6.17. The first-order valence-corrected chi connectivity index (χ1v) is 6.17. The number of hydrogen-bond acceptors (Lipinski definition) is 2. The number of rotatable bonds is 7. The van der Waals surface area contributed by atoms with Crippen molar-refractivity contribution in [3.8, 4) is 0 Å². The highest BCUT2D eigenvalue weighted by molar-refractivity contribution is 5.75. The second-order valence-electron chi connectivity index (χ2n) is 4.48. The number of amides is 2. The van der Waals surface area contributed by atoms with Crippen LogP contribution in [-0.4, -0.2) is 41.6 Å². The first-order chi connectivity index (χ1) is 7.92. The lowest BCUT2D eigenvalue weighted by Crippen LogP contribution is -2.44. The minimum atomic E-state index is -0.893. The van der Waals surface area contributed by atoms with Gasteiger partial charge in [-0.15, -0.1) is 0 Å². The van der Waals surface area contributed by atoms with E-state index in [-0.39, 0.29) is 12.6 Å². The Balaban J connectivity index is 4.12. The highest BCUT2D eigenvalue weighted by Crippen LogP contribution is 2.04. The van der Waals surface area contributed by atoms with Crippen molar-refractivity contribution < 1.29 is 14.7 Å². The van der Waals surface area contributed by atoms with Crippen LogP contribution in [0.1, 0.15) is 34.1 Å². The van der Waals surface area contributed by atoms with Crippen molar-refractivity contribution in [2.24, 2.45) is 11.8 Å². The molecule has 5 nitrogen and oxygen atoms in total. The molecule has 2 atom stereocenters. The monoisotopic (exact) mass is 244 g/mol. The van der Waals surface area contributed by atoms with Gasteiger partial charge in [0.25, 0.3) is 0 Å². The molecule has 0 aliphatic heterocycles. The normalized spacial score (nSPS) is 13.9. The maximum atomic E-state index is 11.8. The van der Waals surface area contributed by atoms with E-state index >= 15 is 0 Å². The van der Waals surface area contributed by atoms with Crippen LogP contribution in [0, 0.1) is 11.8 Å². The predicted molar refractivity (Wildman–Crippen MR) is 66.9 cm³/mol. The third-order valence-electron chi connectivity index (χ3n) is 2.88. The van der Waals surface area contributed by atoms with Crippen molar-refractivity contribution in [2.45, 2.75) is 34.1 Å². The molecule has 0 aromatic heterocycles. The van der Waals surface area contributed by atoms with E-state index in [4.69, 9.17) is 5.11 Å². The van der Waals surface area contributed by atoms with E-state index in [0.717, 1.165) is 6.42 Å². The van der Waals surface area contributed by atoms with E-state index in [2.05, 4.69) is 19.2 Å². The largest absolute Gasteiger partial charge is 0.481 e. The quantitative estimate of drug-likeness (QED) is 0.717. The maximum absolute atomic E-state index is 11.8. The number of urea groups is 1. The van der Waals surface area contributed by atoms with Crippen LogP contribution in [-0.2, 0) is 4.79 Å². The molecule has 0 saturated carbocycles. The smallest absolute Gasteiger partial charge is 0.317 e. The summed E-state index contributed by atoms with van der Waals surface area (Å²) >= 11 is 0. The number of carboxylic acids is 1. The molecule has 0 fully saturated rings. The third kappa shape index (κ3) is 6.14. The molecule has 0 aliphatic carbocycles. The Morgan fingerprint density at radius 1 is 1.29 bits per heavy atom. The van der Waals surface area contributed by atoms with Crippen LogP contribution in [0.5, 0.6) is 0 Å². The topological polar surface area (TPSA) is 69.6 Å². The van der Waals surface area contributed by atoms with Gasteiger partial charge in [0.1, 0.15) is 0 Å². The molecule has 2 N–H and O–H groups in total. The lowest BCUT2D eigenvalue weighted by molar-refractivity contribution is -0.140. The van der Waals surface area contributed by atoms with Crippen molar-refractivity contribution in [2.75, 3.05) is 19.6 Å². The summed E-state index contributed by atoms with van der Waals surface area (Å²) in [7, 11) is 0. The summed E-state index contributed by atoms with van der Waals surface area (Å²) in [6.45, 7) is 9.19. The van der Waals surface area contributed by atoms with Gasteiger partial charge in [0.2, 0.25) is 0 Å². The number of carbonyl (C=O) groups excluding carboxylic acids is 1. The fourth-order valence-electron chi connectivity index (χ4n) is 1.30. The Labute approximate surface area is 103 Å². The highest BCUT2D eigenvalue weighted by Gasteiger charge is 2.16. The zero-order chi connectivity index (χ0) is 13.4. The van der Waals surface area contributed by atoms with Gasteiger partial charge in [-0.05, 0) is 12.8 Å². The van der Waals surface area contributed by atoms with Crippen LogP contribution in [0.25, 0.3) is 0 Å². The summed E-state index contributed by atoms with van der Waals surface area (Å²) in [5, 5.41) is 11.4. The van der Waals surface area contributed by atoms with Crippen LogP contribution in [0.3, 0.4) is 0 Å². The summed E-state index contributed by atoms with van der Waals surface area (Å²) in [5.41, 5.74) is 0. The molecular formula is C12H24N2O3. The van der Waals surface area contributed by atoms with Crippen LogP contribution in [0.2, 0.25) is 0 Å². The summed E-state index contributed by atoms with van der Waals surface area (Å²) in [4.78, 5) is 24.1. The maximum Gasteiger partial charge on any atom is 0.317 e. The Morgan fingerprint density at radius 2 is 1.88 bits per heavy atom. The molecule has 0 bridgehead atoms. The molecule has 0 heterocycles. The average molecular weight is 244 g/mol. The second-order valence-corrected chi connectivity index (χ2v) is 4.48. The lowest BCUT2D eigenvalue weighted by Gasteiger charge is -2.24. The van der Waals surface area contributed by atoms with Gasteiger partial charge in [-0.2, -0.15) is 0 Å². The minimum Gasteiger partial charge on any atom is -0.481 e. The summed E-state index contributed by atoms with van der Waals surface area (Å²) in [6.07, 6.45) is 1.02. The van der Waals surface area contributed by atoms with Gasteiger partial charge in [-0.1, -0.05) is 27.2 Å². The van der Waals surface area contributed by atoms with Gasteiger partial charge < -0.3 is 15.3 Å². The molecule has 2 unspecified atom stereocenters. The molecule has 0 rings (SSSR count). The molecule has 0 spiro atoms. The lowest BCUT2D eigenvalue weighted by atomic mass is 10.1. The molecule has 2 amide bonds. The van der Waals surface area contributed by atoms with Crippen molar-refractivity contribution >= 4 is 12.0 Å². The SMILES string of the molecule is CCC(C)CN(CC)C(=O)NCC(C)C(=O)O. The van der Waals surface area contributed by atoms with Gasteiger partial charge in [0, 0.05) is 19.6 Å². The van der Waals surface area contributed by atoms with Gasteiger partial charge in [-0.25, -0.2) is 4.79 Å². The van der Waals surface area contributed by atoms with Gasteiger partial charge in [-0.3, -0.25) is 4.79 Å². The molecule has 0 saturated heterocycles. The molecule has 100 valence electrons. The van der Waals surface area contributed by atoms with Crippen LogP contribution >= 0.6 is 0 Å². The van der Waals surface area contributed by atoms with Crippen molar-refractivity contribution in [3.63, 3.8) is 0 Å². The Kier molecular flexibility index (Phi) is 7.34. The number of carboxylic acid groups (broad SMARTS) is 1. The Bertz CT molecular complexity index is 256. The Morgan fingerprint density at radius 3 is 2.29 bits per heavy atom. The van der Waals surface area contributed by atoms with Crippen molar-refractivity contribution in [3.05, 3.63) is 0 Å². The number of carbonyl (C=O) groups is 2. The van der Waals surface area contributed by atoms with Crippen molar-refractivity contribution in [1.29, 1.82) is 0 Å². The minimum absolute atomic E-state index is 0.172. The molecule has 0 aromatic carbocycles. The van der Waals surface area contributed by atoms with E-state index in [1.165, 1.54) is 0 Å². The van der Waals surface area contributed by atoms with Crippen LogP contribution in [0.15, 0.2) is 0 Å². The molecule has 0 aromatic rings. The van der Waals surface area contributed by atoms with Crippen LogP contribution < -0.4 is 5.32 Å². The molecule has 0 radical (unpaired) electrons. The van der Waals surface area contributed by atoms with Crippen molar-refractivity contribution in [1.82, 2.24) is 10.2 Å². The third-order valence-corrected chi connectivity index (χ3v) is 2.88. The summed E-state index contributed by atoms with van der Waals surface area (Å²) in [5.74, 6) is -0.992. The predicted octanol–water partition coefficient (Wildman–Crippen LogP) is 1.78. The van der Waals surface area contributed by atoms with E-state index in [0.29, 0.717) is 19.0 Å². The van der Waals surface area contributed by atoms with E-state index in [9.17, 15) is 9.59 Å². The number of hydrogen-bond donors (Lipinski definition) is 2. The van der Waals surface area contributed by atoms with Crippen LogP contribution in [0.4, 0.5) is 4.79 Å². The van der Waals surface area contributed by atoms with E-state index in [1.807, 2.05) is 6.92 Å². The molecular weight excluding hydrogens is 220 g/mol. The molecule has 17 heavy (non-hydrogen) atoms. The van der Waals surface area contributed by atoms with E-state index < -0.39 is 11.9 Å². The second kappa shape index (κ2) is 7.92. The van der Waals surface area contributed by atoms with Gasteiger partial charge in [0.05, 0.1) is 5.92 Å². The standard InChI is InChI=1S/C12H24N2O3/c1-5-9(3)8-14(6-2)12(17)13-7-10(4)11(15)16/h9-10H,5-8H2,1-4H3,(H,13,17)(H,15,16). The highest BCUT2D eigenvalue weighted by atomic mass is 16.4. The summed E-state index contributed by atoms with van der Waals surface area (Å²) < 4.78 is 0. The summed E-state index contributed by atoms with van der Waals surface area (Å²) in [6, 6.07) is -0.180. The molecule has 5 heteroatoms.